The molecule has 4 rings (SSSR count). The zero-order valence-electron chi connectivity index (χ0n) is 15.4. The number of hydrogen-bond donors (Lipinski definition) is 1. The lowest BCUT2D eigenvalue weighted by Gasteiger charge is -2.13. The second kappa shape index (κ2) is 7.86. The number of anilines is 2. The van der Waals surface area contributed by atoms with Crippen LogP contribution in [0.3, 0.4) is 0 Å². The Bertz CT molecular complexity index is 1130. The molecule has 5 nitrogen and oxygen atoms in total. The van der Waals surface area contributed by atoms with Crippen molar-refractivity contribution in [2.45, 2.75) is 0 Å². The molecule has 0 aliphatic carbocycles. The molecule has 0 atom stereocenters. The van der Waals surface area contributed by atoms with Crippen molar-refractivity contribution < 1.29 is 9.47 Å². The number of rotatable bonds is 5. The van der Waals surface area contributed by atoms with Gasteiger partial charge < -0.3 is 14.8 Å². The van der Waals surface area contributed by atoms with E-state index < -0.39 is 0 Å². The number of ether oxygens (including phenoxy) is 2. The average Bonchev–Trinajstić information content (AvgIpc) is 2.74. The number of fused-ring (bicyclic) bond motifs is 1. The molecule has 28 heavy (non-hydrogen) atoms. The Labute approximate surface area is 171 Å². The van der Waals surface area contributed by atoms with Gasteiger partial charge in [-0.1, -0.05) is 46.3 Å². The minimum Gasteiger partial charge on any atom is -0.497 e. The van der Waals surface area contributed by atoms with E-state index in [2.05, 4.69) is 26.2 Å². The van der Waals surface area contributed by atoms with Gasteiger partial charge in [-0.25, -0.2) is 9.97 Å². The van der Waals surface area contributed by atoms with Crippen molar-refractivity contribution in [3.63, 3.8) is 0 Å². The van der Waals surface area contributed by atoms with Gasteiger partial charge in [0.05, 0.1) is 31.1 Å². The monoisotopic (exact) mass is 435 g/mol. The molecule has 4 aromatic rings. The number of halogens is 1. The lowest BCUT2D eigenvalue weighted by molar-refractivity contribution is 0.395. The van der Waals surface area contributed by atoms with Gasteiger partial charge in [0.25, 0.3) is 0 Å². The molecule has 1 N–H and O–H groups in total. The summed E-state index contributed by atoms with van der Waals surface area (Å²) in [5.41, 5.74) is 3.51. The summed E-state index contributed by atoms with van der Waals surface area (Å²) in [5.74, 6) is 1.87. The fraction of sp³-hybridized carbons (Fsp3) is 0.0909. The predicted molar refractivity (Wildman–Crippen MR) is 116 cm³/mol. The molecule has 1 heterocycles. The molecule has 0 amide bonds. The summed E-state index contributed by atoms with van der Waals surface area (Å²) < 4.78 is 11.7. The van der Waals surface area contributed by atoms with Crippen LogP contribution in [0.1, 0.15) is 0 Å². The van der Waals surface area contributed by atoms with Crippen LogP contribution >= 0.6 is 15.9 Å². The molecular weight excluding hydrogens is 418 g/mol. The van der Waals surface area contributed by atoms with E-state index in [9.17, 15) is 0 Å². The van der Waals surface area contributed by atoms with Crippen LogP contribution < -0.4 is 14.8 Å². The molecule has 3 aromatic carbocycles. The van der Waals surface area contributed by atoms with Gasteiger partial charge in [0.1, 0.15) is 11.5 Å². The van der Waals surface area contributed by atoms with Crippen molar-refractivity contribution in [3.05, 3.63) is 71.2 Å². The first-order valence-corrected chi connectivity index (χ1v) is 9.49. The second-order valence-corrected chi connectivity index (χ2v) is 7.03. The third kappa shape index (κ3) is 3.64. The zero-order valence-corrected chi connectivity index (χ0v) is 17.0. The standard InChI is InChI=1S/C22H18BrN3O2/c1-27-16-9-11-19(20(13-16)28-2)25-22-24-18-10-8-15(23)12-17(18)21(26-22)14-6-4-3-5-7-14/h3-13H,1-2H3,(H,24,25,26). The van der Waals surface area contributed by atoms with Crippen LogP contribution in [0.5, 0.6) is 11.5 Å². The van der Waals surface area contributed by atoms with Crippen molar-refractivity contribution in [1.82, 2.24) is 9.97 Å². The Balaban J connectivity index is 1.84. The highest BCUT2D eigenvalue weighted by molar-refractivity contribution is 9.10. The van der Waals surface area contributed by atoms with Gasteiger partial charge in [-0.15, -0.1) is 0 Å². The van der Waals surface area contributed by atoms with Crippen molar-refractivity contribution in [2.24, 2.45) is 0 Å². The number of methoxy groups -OCH3 is 2. The number of aromatic nitrogens is 2. The summed E-state index contributed by atoms with van der Waals surface area (Å²) >= 11 is 3.54. The van der Waals surface area contributed by atoms with Gasteiger partial charge in [-0.05, 0) is 30.3 Å². The fourth-order valence-electron chi connectivity index (χ4n) is 2.99. The van der Waals surface area contributed by atoms with E-state index in [1.165, 1.54) is 0 Å². The third-order valence-electron chi connectivity index (χ3n) is 4.36. The number of benzene rings is 3. The molecule has 0 aliphatic rings. The van der Waals surface area contributed by atoms with Gasteiger partial charge in [0, 0.05) is 21.5 Å². The Morgan fingerprint density at radius 1 is 0.857 bits per heavy atom. The van der Waals surface area contributed by atoms with E-state index in [-0.39, 0.29) is 0 Å². The van der Waals surface area contributed by atoms with Crippen LogP contribution in [0.4, 0.5) is 11.6 Å². The maximum Gasteiger partial charge on any atom is 0.228 e. The molecule has 0 fully saturated rings. The number of nitrogens with zero attached hydrogens (tertiary/aromatic N) is 2. The minimum atomic E-state index is 0.497. The molecule has 0 saturated carbocycles. The SMILES string of the molecule is COc1ccc(Nc2nc(-c3ccccc3)c3cc(Br)ccc3n2)c(OC)c1. The quantitative estimate of drug-likeness (QED) is 0.427. The second-order valence-electron chi connectivity index (χ2n) is 6.11. The first-order chi connectivity index (χ1) is 13.7. The highest BCUT2D eigenvalue weighted by Gasteiger charge is 2.12. The Kier molecular flexibility index (Phi) is 5.12. The first kappa shape index (κ1) is 18.3. The molecule has 0 aliphatic heterocycles. The van der Waals surface area contributed by atoms with Gasteiger partial charge in [0.15, 0.2) is 0 Å². The van der Waals surface area contributed by atoms with E-state index in [4.69, 9.17) is 14.5 Å². The average molecular weight is 436 g/mol. The molecule has 0 spiro atoms. The van der Waals surface area contributed by atoms with Crippen LogP contribution in [0.2, 0.25) is 0 Å². The number of nitrogens with one attached hydrogen (secondary N) is 1. The summed E-state index contributed by atoms with van der Waals surface area (Å²) in [5, 5.41) is 4.26. The van der Waals surface area contributed by atoms with E-state index >= 15 is 0 Å². The minimum absolute atomic E-state index is 0.497. The van der Waals surface area contributed by atoms with Gasteiger partial charge in [-0.3, -0.25) is 0 Å². The highest BCUT2D eigenvalue weighted by atomic mass is 79.9. The smallest absolute Gasteiger partial charge is 0.228 e. The summed E-state index contributed by atoms with van der Waals surface area (Å²) in [4.78, 5) is 9.48. The van der Waals surface area contributed by atoms with E-state index in [1.807, 2.05) is 66.7 Å². The lowest BCUT2D eigenvalue weighted by Crippen LogP contribution is -2.01. The zero-order chi connectivity index (χ0) is 19.5. The van der Waals surface area contributed by atoms with Crippen molar-refractivity contribution in [3.8, 4) is 22.8 Å². The fourth-order valence-corrected chi connectivity index (χ4v) is 3.36. The van der Waals surface area contributed by atoms with E-state index in [1.54, 1.807) is 14.2 Å². The normalized spacial score (nSPS) is 10.7. The van der Waals surface area contributed by atoms with Gasteiger partial charge >= 0.3 is 0 Å². The van der Waals surface area contributed by atoms with Crippen LogP contribution in [0, 0.1) is 0 Å². The van der Waals surface area contributed by atoms with E-state index in [0.29, 0.717) is 11.7 Å². The van der Waals surface area contributed by atoms with Crippen molar-refractivity contribution in [1.29, 1.82) is 0 Å². The Morgan fingerprint density at radius 3 is 2.43 bits per heavy atom. The van der Waals surface area contributed by atoms with Gasteiger partial charge in [-0.2, -0.15) is 0 Å². The molecule has 0 saturated heterocycles. The van der Waals surface area contributed by atoms with Gasteiger partial charge in [0.2, 0.25) is 5.95 Å². The van der Waals surface area contributed by atoms with Crippen molar-refractivity contribution in [2.75, 3.05) is 19.5 Å². The highest BCUT2D eigenvalue weighted by Crippen LogP contribution is 2.33. The lowest BCUT2D eigenvalue weighted by atomic mass is 10.1. The van der Waals surface area contributed by atoms with Crippen LogP contribution in [0.15, 0.2) is 71.2 Å². The Hall–Kier alpha value is -3.12. The summed E-state index contributed by atoms with van der Waals surface area (Å²) in [6.45, 7) is 0. The molecule has 0 radical (unpaired) electrons. The third-order valence-corrected chi connectivity index (χ3v) is 4.85. The molecule has 1 aromatic heterocycles. The maximum atomic E-state index is 5.47. The molecule has 0 unspecified atom stereocenters. The van der Waals surface area contributed by atoms with Crippen LogP contribution in [0.25, 0.3) is 22.2 Å². The summed E-state index contributed by atoms with van der Waals surface area (Å²) in [7, 11) is 3.24. The maximum absolute atomic E-state index is 5.47. The predicted octanol–water partition coefficient (Wildman–Crippen LogP) is 5.82. The topological polar surface area (TPSA) is 56.3 Å². The largest absolute Gasteiger partial charge is 0.497 e. The summed E-state index contributed by atoms with van der Waals surface area (Å²) in [6, 6.07) is 21.6. The first-order valence-electron chi connectivity index (χ1n) is 8.69. The van der Waals surface area contributed by atoms with Crippen LogP contribution in [-0.2, 0) is 0 Å². The summed E-state index contributed by atoms with van der Waals surface area (Å²) in [6.07, 6.45) is 0. The molecule has 0 bridgehead atoms. The molecule has 6 heteroatoms. The molecule has 140 valence electrons. The molecular formula is C22H18BrN3O2. The number of hydrogen-bond acceptors (Lipinski definition) is 5. The Morgan fingerprint density at radius 2 is 1.68 bits per heavy atom. The van der Waals surface area contributed by atoms with E-state index in [0.717, 1.165) is 38.1 Å². The van der Waals surface area contributed by atoms with Crippen LogP contribution in [-0.4, -0.2) is 24.2 Å². The van der Waals surface area contributed by atoms with Crippen molar-refractivity contribution >= 4 is 38.5 Å².